The molecule has 0 spiro atoms. The van der Waals surface area contributed by atoms with Gasteiger partial charge in [0.1, 0.15) is 22.3 Å². The van der Waals surface area contributed by atoms with Crippen LogP contribution in [0.1, 0.15) is 29.7 Å². The number of benzene rings is 2. The van der Waals surface area contributed by atoms with Crippen molar-refractivity contribution in [3.63, 3.8) is 0 Å². The maximum atomic E-state index is 14.2. The predicted molar refractivity (Wildman–Crippen MR) is 137 cm³/mol. The van der Waals surface area contributed by atoms with Crippen LogP contribution in [0.3, 0.4) is 0 Å². The van der Waals surface area contributed by atoms with Crippen LogP contribution in [-0.2, 0) is 21.4 Å². The Kier molecular flexibility index (Phi) is 6.86. The van der Waals surface area contributed by atoms with E-state index in [0.29, 0.717) is 17.0 Å². The van der Waals surface area contributed by atoms with E-state index in [1.807, 2.05) is 26.0 Å². The van der Waals surface area contributed by atoms with Crippen LogP contribution in [0.15, 0.2) is 58.0 Å². The van der Waals surface area contributed by atoms with Crippen LogP contribution in [-0.4, -0.2) is 36.7 Å². The zero-order valence-electron chi connectivity index (χ0n) is 20.3. The minimum atomic E-state index is -4.16. The van der Waals surface area contributed by atoms with E-state index in [2.05, 4.69) is 0 Å². The zero-order valence-corrected chi connectivity index (χ0v) is 21.9. The Morgan fingerprint density at radius 2 is 1.86 bits per heavy atom. The van der Waals surface area contributed by atoms with Crippen molar-refractivity contribution < 1.29 is 26.4 Å². The standard InChI is InChI=1S/C26H25F2N3O4S2/c1-16-5-6-17(2)24-23(16)29-26(36-24)31(15-20-4-3-13-35-20)25(32)18-9-11-30(12-10-18)37(33,34)22-8-7-19(27)14-21(22)28/h3-8,13-14,18H,9-12,15H2,1-2H3. The number of rotatable bonds is 6. The van der Waals surface area contributed by atoms with Crippen LogP contribution in [0.4, 0.5) is 13.9 Å². The van der Waals surface area contributed by atoms with Gasteiger partial charge >= 0.3 is 0 Å². The van der Waals surface area contributed by atoms with E-state index < -0.39 is 32.5 Å². The van der Waals surface area contributed by atoms with Gasteiger partial charge in [-0.15, -0.1) is 0 Å². The quantitative estimate of drug-likeness (QED) is 0.323. The van der Waals surface area contributed by atoms with E-state index in [1.54, 1.807) is 23.3 Å². The van der Waals surface area contributed by atoms with Gasteiger partial charge in [0.2, 0.25) is 15.9 Å². The second-order valence-electron chi connectivity index (χ2n) is 9.13. The molecule has 1 fully saturated rings. The summed E-state index contributed by atoms with van der Waals surface area (Å²) in [6, 6.07) is 9.97. The molecule has 0 aliphatic carbocycles. The SMILES string of the molecule is Cc1ccc(C)c2sc(N(Cc3ccco3)C(=O)C3CCN(S(=O)(=O)c4ccc(F)cc4F)CC3)nc12. The molecule has 1 aliphatic rings. The molecule has 2 aromatic carbocycles. The van der Waals surface area contributed by atoms with Gasteiger partial charge in [-0.25, -0.2) is 22.2 Å². The number of carbonyl (C=O) groups excluding carboxylic acids is 1. The lowest BCUT2D eigenvalue weighted by atomic mass is 9.96. The average Bonchev–Trinajstić information content (AvgIpc) is 3.55. The number of nitrogens with zero attached hydrogens (tertiary/aromatic N) is 3. The molecule has 1 saturated heterocycles. The van der Waals surface area contributed by atoms with Crippen molar-refractivity contribution in [1.29, 1.82) is 0 Å². The molecular weight excluding hydrogens is 520 g/mol. The normalized spacial score (nSPS) is 15.4. The molecule has 37 heavy (non-hydrogen) atoms. The number of hydrogen-bond donors (Lipinski definition) is 0. The Bertz CT molecular complexity index is 1520. The summed E-state index contributed by atoms with van der Waals surface area (Å²) in [6.45, 7) is 4.26. The molecule has 0 unspecified atom stereocenters. The van der Waals surface area contributed by atoms with Crippen LogP contribution < -0.4 is 4.90 Å². The number of anilines is 1. The number of hydrogen-bond acceptors (Lipinski definition) is 6. The average molecular weight is 546 g/mol. The summed E-state index contributed by atoms with van der Waals surface area (Å²) in [5, 5.41) is 0.553. The lowest BCUT2D eigenvalue weighted by Crippen LogP contribution is -2.44. The van der Waals surface area contributed by atoms with Crippen molar-refractivity contribution in [2.45, 2.75) is 38.1 Å². The molecule has 7 nitrogen and oxygen atoms in total. The maximum Gasteiger partial charge on any atom is 0.245 e. The molecule has 0 atom stereocenters. The molecule has 2 aromatic heterocycles. The lowest BCUT2D eigenvalue weighted by molar-refractivity contribution is -0.123. The van der Waals surface area contributed by atoms with Crippen LogP contribution >= 0.6 is 11.3 Å². The van der Waals surface area contributed by atoms with E-state index in [4.69, 9.17) is 9.40 Å². The Balaban J connectivity index is 1.39. The number of fused-ring (bicyclic) bond motifs is 1. The molecule has 0 N–H and O–H groups in total. The van der Waals surface area contributed by atoms with Gasteiger partial charge in [-0.3, -0.25) is 9.69 Å². The molecule has 11 heteroatoms. The fourth-order valence-electron chi connectivity index (χ4n) is 4.55. The Hall–Kier alpha value is -3.15. The number of furan rings is 1. The molecule has 0 saturated carbocycles. The monoisotopic (exact) mass is 545 g/mol. The molecule has 194 valence electrons. The Morgan fingerprint density at radius 3 is 2.51 bits per heavy atom. The van der Waals surface area contributed by atoms with Crippen LogP contribution in [0, 0.1) is 31.4 Å². The van der Waals surface area contributed by atoms with Crippen molar-refractivity contribution in [2.24, 2.45) is 5.92 Å². The second-order valence-corrected chi connectivity index (χ2v) is 12.0. The van der Waals surface area contributed by atoms with E-state index in [-0.39, 0.29) is 38.4 Å². The zero-order chi connectivity index (χ0) is 26.3. The van der Waals surface area contributed by atoms with E-state index in [1.165, 1.54) is 11.3 Å². The molecule has 4 aromatic rings. The van der Waals surface area contributed by atoms with Crippen molar-refractivity contribution >= 4 is 42.6 Å². The first-order chi connectivity index (χ1) is 17.6. The maximum absolute atomic E-state index is 14.2. The van der Waals surface area contributed by atoms with Gasteiger partial charge in [-0.05, 0) is 62.1 Å². The minimum Gasteiger partial charge on any atom is -0.467 e. The van der Waals surface area contributed by atoms with Gasteiger partial charge < -0.3 is 4.42 Å². The van der Waals surface area contributed by atoms with E-state index in [0.717, 1.165) is 37.8 Å². The van der Waals surface area contributed by atoms with Crippen molar-refractivity contribution in [3.8, 4) is 0 Å². The molecule has 0 radical (unpaired) electrons. The third-order valence-corrected chi connectivity index (χ3v) is 9.78. The number of carbonyl (C=O) groups is 1. The van der Waals surface area contributed by atoms with E-state index >= 15 is 0 Å². The fraction of sp³-hybridized carbons (Fsp3) is 0.308. The molecule has 0 bridgehead atoms. The van der Waals surface area contributed by atoms with E-state index in [9.17, 15) is 22.0 Å². The first kappa shape index (κ1) is 25.5. The molecule has 5 rings (SSSR count). The Labute approximate surface area is 217 Å². The van der Waals surface area contributed by atoms with Crippen LogP contribution in [0.25, 0.3) is 10.2 Å². The van der Waals surface area contributed by atoms with Gasteiger partial charge in [-0.2, -0.15) is 4.31 Å². The summed E-state index contributed by atoms with van der Waals surface area (Å²) >= 11 is 1.44. The molecule has 1 aliphatic heterocycles. The first-order valence-electron chi connectivity index (χ1n) is 11.8. The van der Waals surface area contributed by atoms with Crippen molar-refractivity contribution in [1.82, 2.24) is 9.29 Å². The highest BCUT2D eigenvalue weighted by Crippen LogP contribution is 2.36. The van der Waals surface area contributed by atoms with Crippen LogP contribution in [0.2, 0.25) is 0 Å². The summed E-state index contributed by atoms with van der Waals surface area (Å²) in [5.74, 6) is -2.00. The largest absolute Gasteiger partial charge is 0.467 e. The van der Waals surface area contributed by atoms with Gasteiger partial charge in [0, 0.05) is 25.1 Å². The highest BCUT2D eigenvalue weighted by Gasteiger charge is 2.36. The van der Waals surface area contributed by atoms with Gasteiger partial charge in [0.05, 0.1) is 23.0 Å². The smallest absolute Gasteiger partial charge is 0.245 e. The third kappa shape index (κ3) is 4.90. The molecule has 1 amide bonds. The second kappa shape index (κ2) is 9.96. The minimum absolute atomic E-state index is 0.0439. The number of halogens is 2. The summed E-state index contributed by atoms with van der Waals surface area (Å²) in [6.07, 6.45) is 2.07. The molecular formula is C26H25F2N3O4S2. The number of aromatic nitrogens is 1. The number of thiazole rings is 1. The fourth-order valence-corrected chi connectivity index (χ4v) is 7.18. The summed E-state index contributed by atoms with van der Waals surface area (Å²) in [5.41, 5.74) is 2.93. The number of sulfonamides is 1. The number of piperidine rings is 1. The highest BCUT2D eigenvalue weighted by molar-refractivity contribution is 7.89. The topological polar surface area (TPSA) is 83.7 Å². The summed E-state index contributed by atoms with van der Waals surface area (Å²) in [4.78, 5) is 19.6. The summed E-state index contributed by atoms with van der Waals surface area (Å²) in [7, 11) is -4.16. The van der Waals surface area contributed by atoms with Crippen molar-refractivity contribution in [2.75, 3.05) is 18.0 Å². The lowest BCUT2D eigenvalue weighted by Gasteiger charge is -2.32. The summed E-state index contributed by atoms with van der Waals surface area (Å²) < 4.78 is 61.1. The Morgan fingerprint density at radius 1 is 1.14 bits per heavy atom. The number of amides is 1. The highest BCUT2D eigenvalue weighted by atomic mass is 32.2. The first-order valence-corrected chi connectivity index (χ1v) is 14.1. The predicted octanol–water partition coefficient (Wildman–Crippen LogP) is 5.42. The van der Waals surface area contributed by atoms with Gasteiger partial charge in [0.25, 0.3) is 0 Å². The van der Waals surface area contributed by atoms with Crippen molar-refractivity contribution in [3.05, 3.63) is 77.2 Å². The molecule has 3 heterocycles. The number of aryl methyl sites for hydroxylation is 2. The third-order valence-electron chi connectivity index (χ3n) is 6.64. The van der Waals surface area contributed by atoms with Gasteiger partial charge in [0.15, 0.2) is 5.13 Å². The van der Waals surface area contributed by atoms with Gasteiger partial charge in [-0.1, -0.05) is 23.5 Å². The van der Waals surface area contributed by atoms with Crippen LogP contribution in [0.5, 0.6) is 0 Å².